The third kappa shape index (κ3) is 5.59. The maximum Gasteiger partial charge on any atom is 0.261 e. The molecule has 4 aromatic rings. The molecule has 15 heteroatoms. The second-order valence-corrected chi connectivity index (χ2v) is 13.8. The van der Waals surface area contributed by atoms with Crippen molar-refractivity contribution >= 4 is 56.7 Å². The lowest BCUT2D eigenvalue weighted by Crippen LogP contribution is -2.48. The van der Waals surface area contributed by atoms with Crippen LogP contribution < -0.4 is 16.0 Å². The molecule has 45 heavy (non-hydrogen) atoms. The number of carbonyl (C=O) groups is 2. The summed E-state index contributed by atoms with van der Waals surface area (Å²) < 4.78 is 31.3. The highest BCUT2D eigenvalue weighted by atomic mass is 35.5. The number of hydrogen-bond acceptors (Lipinski definition) is 8. The van der Waals surface area contributed by atoms with Gasteiger partial charge < -0.3 is 11.1 Å². The maximum absolute atomic E-state index is 14.4. The van der Waals surface area contributed by atoms with Crippen LogP contribution in [0.15, 0.2) is 72.4 Å². The Labute approximate surface area is 270 Å². The molecule has 2 atom stereocenters. The van der Waals surface area contributed by atoms with E-state index in [1.54, 1.807) is 31.5 Å². The Morgan fingerprint density at radius 1 is 1.07 bits per heavy atom. The standard InChI is InChI=1S/C30H30Cl2N8O4S/c1-30(14-19-4-6-20(7-5-19)21-15-34-18-35-16-21)28(42)39(24-12-22(31)11-23(32)13-24)29-37-17-26(40(29)30)45(43,44)38-10-2-3-25(38)27(41)36-9-8-33/h4-7,11-13,15-18,25H,2-3,8-10,14,33H2,1H3,(H,36,41). The Balaban J connectivity index is 1.44. The molecule has 4 heterocycles. The number of nitrogens with two attached hydrogens (primary N) is 1. The average molecular weight is 670 g/mol. The van der Waals surface area contributed by atoms with Crippen molar-refractivity contribution in [1.82, 2.24) is 29.1 Å². The summed E-state index contributed by atoms with van der Waals surface area (Å²) in [4.78, 5) is 41.3. The Kier molecular flexibility index (Phi) is 8.39. The SMILES string of the molecule is CC1(Cc2ccc(-c3cncnc3)cc2)C(=O)N(c2cc(Cl)cc(Cl)c2)c2ncc(S(=O)(=O)N3CCCC3C(=O)NCCN)n21. The van der Waals surface area contributed by atoms with E-state index in [2.05, 4.69) is 20.3 Å². The van der Waals surface area contributed by atoms with Gasteiger partial charge in [-0.05, 0) is 49.1 Å². The van der Waals surface area contributed by atoms with Crippen LogP contribution in [-0.2, 0) is 31.6 Å². The number of anilines is 2. The smallest absolute Gasteiger partial charge is 0.261 e. The predicted molar refractivity (Wildman–Crippen MR) is 170 cm³/mol. The number of nitrogens with one attached hydrogen (secondary N) is 1. The largest absolute Gasteiger partial charge is 0.353 e. The minimum absolute atomic E-state index is 0.0980. The van der Waals surface area contributed by atoms with Crippen LogP contribution in [0.25, 0.3) is 11.1 Å². The van der Waals surface area contributed by atoms with Crippen LogP contribution in [0.4, 0.5) is 11.6 Å². The number of benzene rings is 2. The normalized spacial score (nSPS) is 20.0. The number of fused-ring (bicyclic) bond motifs is 1. The van der Waals surface area contributed by atoms with Gasteiger partial charge in [0.25, 0.3) is 15.9 Å². The molecule has 0 saturated carbocycles. The zero-order chi connectivity index (χ0) is 31.9. The minimum Gasteiger partial charge on any atom is -0.353 e. The van der Waals surface area contributed by atoms with Crippen LogP contribution >= 0.6 is 23.2 Å². The van der Waals surface area contributed by atoms with Gasteiger partial charge in [-0.1, -0.05) is 47.5 Å². The molecule has 2 aromatic heterocycles. The third-order valence-corrected chi connectivity index (χ3v) is 10.4. The number of halogens is 2. The van der Waals surface area contributed by atoms with E-state index in [0.29, 0.717) is 28.6 Å². The fourth-order valence-electron chi connectivity index (χ4n) is 6.00. The molecule has 3 N–H and O–H groups in total. The fraction of sp³-hybridized carbons (Fsp3) is 0.300. The summed E-state index contributed by atoms with van der Waals surface area (Å²) in [6.07, 6.45) is 7.09. The van der Waals surface area contributed by atoms with Gasteiger partial charge in [0.1, 0.15) is 17.9 Å². The number of carbonyl (C=O) groups excluding carboxylic acids is 2. The molecule has 2 amide bonds. The Morgan fingerprint density at radius 3 is 2.42 bits per heavy atom. The molecule has 234 valence electrons. The van der Waals surface area contributed by atoms with Crippen LogP contribution in [0, 0.1) is 0 Å². The summed E-state index contributed by atoms with van der Waals surface area (Å²) in [5, 5.41) is 3.10. The number of hydrogen-bond donors (Lipinski definition) is 2. The van der Waals surface area contributed by atoms with E-state index in [1.165, 1.54) is 32.4 Å². The molecule has 1 fully saturated rings. The summed E-state index contributed by atoms with van der Waals surface area (Å²) >= 11 is 12.6. The number of imidazole rings is 1. The molecule has 2 aromatic carbocycles. The number of sulfonamides is 1. The van der Waals surface area contributed by atoms with E-state index in [0.717, 1.165) is 16.7 Å². The Hall–Kier alpha value is -3.88. The molecule has 0 bridgehead atoms. The molecule has 1 saturated heterocycles. The molecule has 0 radical (unpaired) electrons. The van der Waals surface area contributed by atoms with Crippen LogP contribution in [0.2, 0.25) is 10.0 Å². The van der Waals surface area contributed by atoms with E-state index < -0.39 is 33.4 Å². The number of rotatable bonds is 9. The highest BCUT2D eigenvalue weighted by molar-refractivity contribution is 7.89. The van der Waals surface area contributed by atoms with Crippen molar-refractivity contribution in [3.8, 4) is 11.1 Å². The second kappa shape index (κ2) is 12.1. The van der Waals surface area contributed by atoms with E-state index in [1.807, 2.05) is 24.3 Å². The van der Waals surface area contributed by atoms with Gasteiger partial charge in [-0.3, -0.25) is 14.2 Å². The van der Waals surface area contributed by atoms with Gasteiger partial charge in [-0.25, -0.2) is 28.3 Å². The number of aromatic nitrogens is 4. The Morgan fingerprint density at radius 2 is 1.76 bits per heavy atom. The molecule has 6 rings (SSSR count). The number of amides is 2. The molecular formula is C30H30Cl2N8O4S. The average Bonchev–Trinajstić information content (AvgIpc) is 3.74. The van der Waals surface area contributed by atoms with E-state index in [-0.39, 0.29) is 37.0 Å². The van der Waals surface area contributed by atoms with E-state index >= 15 is 0 Å². The predicted octanol–water partition coefficient (Wildman–Crippen LogP) is 3.51. The van der Waals surface area contributed by atoms with Crippen molar-refractivity contribution in [3.63, 3.8) is 0 Å². The molecule has 0 aliphatic carbocycles. The highest BCUT2D eigenvalue weighted by Crippen LogP contribution is 2.45. The van der Waals surface area contributed by atoms with Crippen LogP contribution in [0.5, 0.6) is 0 Å². The molecule has 2 aliphatic heterocycles. The van der Waals surface area contributed by atoms with Crippen molar-refractivity contribution in [2.24, 2.45) is 5.73 Å². The zero-order valence-corrected chi connectivity index (χ0v) is 26.6. The van der Waals surface area contributed by atoms with Crippen molar-refractivity contribution in [1.29, 1.82) is 0 Å². The van der Waals surface area contributed by atoms with Gasteiger partial charge >= 0.3 is 0 Å². The third-order valence-electron chi connectivity index (χ3n) is 8.09. The quantitative estimate of drug-likeness (QED) is 0.274. The van der Waals surface area contributed by atoms with Crippen molar-refractivity contribution in [2.45, 2.75) is 42.8 Å². The fourth-order valence-corrected chi connectivity index (χ4v) is 8.36. The lowest BCUT2D eigenvalue weighted by atomic mass is 9.91. The summed E-state index contributed by atoms with van der Waals surface area (Å²) in [5.74, 6) is -0.735. The first kappa shape index (κ1) is 31.1. The Bertz CT molecular complexity index is 1850. The van der Waals surface area contributed by atoms with Gasteiger partial charge in [0.15, 0.2) is 5.03 Å². The van der Waals surface area contributed by atoms with Gasteiger partial charge in [0.05, 0.1) is 11.9 Å². The van der Waals surface area contributed by atoms with Crippen molar-refractivity contribution < 1.29 is 18.0 Å². The summed E-state index contributed by atoms with van der Waals surface area (Å²) in [5.41, 5.74) is 6.95. The van der Waals surface area contributed by atoms with Crippen LogP contribution in [0.3, 0.4) is 0 Å². The summed E-state index contributed by atoms with van der Waals surface area (Å²) in [6, 6.07) is 11.3. The molecule has 2 aliphatic rings. The molecular weight excluding hydrogens is 639 g/mol. The maximum atomic E-state index is 14.4. The van der Waals surface area contributed by atoms with Gasteiger partial charge in [-0.15, -0.1) is 0 Å². The summed E-state index contributed by atoms with van der Waals surface area (Å²) in [7, 11) is -4.29. The van der Waals surface area contributed by atoms with E-state index in [9.17, 15) is 18.0 Å². The summed E-state index contributed by atoms with van der Waals surface area (Å²) in [6.45, 7) is 2.28. The monoisotopic (exact) mass is 668 g/mol. The number of nitrogens with zero attached hydrogens (tertiary/aromatic N) is 6. The lowest BCUT2D eigenvalue weighted by Gasteiger charge is -2.29. The lowest BCUT2D eigenvalue weighted by molar-refractivity contribution is -0.125. The first-order valence-electron chi connectivity index (χ1n) is 14.3. The molecule has 0 spiro atoms. The van der Waals surface area contributed by atoms with Gasteiger partial charge in [-0.2, -0.15) is 4.31 Å². The minimum atomic E-state index is -4.29. The van der Waals surface area contributed by atoms with Crippen molar-refractivity contribution in [3.05, 3.63) is 83.0 Å². The first-order chi connectivity index (χ1) is 21.5. The van der Waals surface area contributed by atoms with Gasteiger partial charge in [0.2, 0.25) is 11.9 Å². The van der Waals surface area contributed by atoms with E-state index in [4.69, 9.17) is 28.9 Å². The first-order valence-corrected chi connectivity index (χ1v) is 16.5. The molecule has 12 nitrogen and oxygen atoms in total. The highest BCUT2D eigenvalue weighted by Gasteiger charge is 2.53. The van der Waals surface area contributed by atoms with Crippen molar-refractivity contribution in [2.75, 3.05) is 24.5 Å². The second-order valence-electron chi connectivity index (χ2n) is 11.1. The van der Waals surface area contributed by atoms with Crippen LogP contribution in [0.1, 0.15) is 25.3 Å². The molecule has 2 unspecified atom stereocenters. The zero-order valence-electron chi connectivity index (χ0n) is 24.2. The topological polar surface area (TPSA) is 156 Å². The van der Waals surface area contributed by atoms with Gasteiger partial charge in [0, 0.05) is 54.1 Å². The van der Waals surface area contributed by atoms with Crippen LogP contribution in [-0.4, -0.2) is 69.7 Å².